The Balaban J connectivity index is 0. The summed E-state index contributed by atoms with van der Waals surface area (Å²) in [4.78, 5) is 0. The molecule has 4 aromatic rings. The predicted molar refractivity (Wildman–Crippen MR) is 99.3 cm³/mol. The standard InChI is InChI=1S/2C9H7.2ClH.In.Zr/c2*1-2-5-9-7-3-6-8(9)4-1;;;;/h2*1-7H;2*1H;;/q2*-1;;;;+2. The Morgan fingerprint density at radius 3 is 1.27 bits per heavy atom. The van der Waals surface area contributed by atoms with Crippen molar-refractivity contribution < 1.29 is 26.2 Å². The molecule has 4 aromatic carbocycles. The van der Waals surface area contributed by atoms with E-state index in [1.807, 2.05) is 0 Å². The van der Waals surface area contributed by atoms with E-state index in [-0.39, 0.29) is 76.9 Å². The summed E-state index contributed by atoms with van der Waals surface area (Å²) in [5.74, 6) is 0. The molecule has 0 unspecified atom stereocenters. The zero-order chi connectivity index (χ0) is 12.2. The van der Waals surface area contributed by atoms with E-state index < -0.39 is 0 Å². The molecule has 0 atom stereocenters. The van der Waals surface area contributed by atoms with E-state index in [4.69, 9.17) is 0 Å². The van der Waals surface area contributed by atoms with Crippen molar-refractivity contribution in [3.63, 3.8) is 0 Å². The fraction of sp³-hybridized carbons (Fsp3) is 0. The number of benzene rings is 2. The molecule has 4 heteroatoms. The molecule has 0 aliphatic heterocycles. The van der Waals surface area contributed by atoms with Gasteiger partial charge in [-0.1, -0.05) is 12.1 Å². The van der Waals surface area contributed by atoms with E-state index in [0.29, 0.717) is 0 Å². The Morgan fingerprint density at radius 1 is 0.545 bits per heavy atom. The number of halogens is 2. The van der Waals surface area contributed by atoms with Crippen molar-refractivity contribution in [2.45, 2.75) is 0 Å². The van der Waals surface area contributed by atoms with Crippen LogP contribution in [0.5, 0.6) is 0 Å². The Kier molecular flexibility index (Phi) is 13.7. The molecular formula is C18H16Cl2InZr. The summed E-state index contributed by atoms with van der Waals surface area (Å²) >= 11 is 0. The van der Waals surface area contributed by atoms with E-state index in [1.54, 1.807) is 0 Å². The van der Waals surface area contributed by atoms with Crippen LogP contribution < -0.4 is 0 Å². The topological polar surface area (TPSA) is 0 Å². The van der Waals surface area contributed by atoms with Gasteiger partial charge in [0.15, 0.2) is 0 Å². The zero-order valence-corrected chi connectivity index (χ0v) is 19.4. The number of rotatable bonds is 0. The Labute approximate surface area is 181 Å². The molecule has 4 rings (SSSR count). The van der Waals surface area contributed by atoms with Gasteiger partial charge in [0.2, 0.25) is 0 Å². The molecule has 0 N–H and O–H groups in total. The maximum atomic E-state index is 2.12. The second-order valence-corrected chi connectivity index (χ2v) is 4.31. The first kappa shape index (κ1) is 24.2. The maximum Gasteiger partial charge on any atom is 2.00 e. The minimum absolute atomic E-state index is 0. The van der Waals surface area contributed by atoms with Crippen molar-refractivity contribution in [2.24, 2.45) is 0 Å². The van der Waals surface area contributed by atoms with Gasteiger partial charge in [0.05, 0.1) is 0 Å². The SMILES string of the molecule is Cl.Cl.[In].[Zr+2].c1ccc2[cH-]ccc2c1.c1ccc2[cH-]ccc2c1. The normalized spacial score (nSPS) is 8.36. The van der Waals surface area contributed by atoms with Crippen LogP contribution in [0.4, 0.5) is 0 Å². The van der Waals surface area contributed by atoms with Crippen LogP contribution in [-0.2, 0) is 26.2 Å². The van der Waals surface area contributed by atoms with Crippen LogP contribution in [0.2, 0.25) is 0 Å². The third-order valence-corrected chi connectivity index (χ3v) is 3.10. The van der Waals surface area contributed by atoms with Crippen LogP contribution >= 0.6 is 24.8 Å². The average molecular weight is 509 g/mol. The summed E-state index contributed by atoms with van der Waals surface area (Å²) in [5.41, 5.74) is 0. The molecule has 0 saturated heterocycles. The zero-order valence-electron chi connectivity index (χ0n) is 12.0. The molecule has 0 spiro atoms. The van der Waals surface area contributed by atoms with Crippen LogP contribution in [0, 0.1) is 0 Å². The summed E-state index contributed by atoms with van der Waals surface area (Å²) in [5, 5.41) is 5.32. The summed E-state index contributed by atoms with van der Waals surface area (Å²) in [6, 6.07) is 29.3. The molecule has 22 heavy (non-hydrogen) atoms. The Hall–Kier alpha value is -0.00675. The molecule has 0 saturated carbocycles. The van der Waals surface area contributed by atoms with Crippen LogP contribution in [0.3, 0.4) is 0 Å². The molecule has 0 nitrogen and oxygen atoms in total. The summed E-state index contributed by atoms with van der Waals surface area (Å²) < 4.78 is 0. The smallest absolute Gasteiger partial charge is 0.168 e. The summed E-state index contributed by atoms with van der Waals surface area (Å²) in [6.07, 6.45) is 0. The summed E-state index contributed by atoms with van der Waals surface area (Å²) in [6.45, 7) is 0. The largest absolute Gasteiger partial charge is 2.00 e. The van der Waals surface area contributed by atoms with Gasteiger partial charge in [0, 0.05) is 25.8 Å². The van der Waals surface area contributed by atoms with Crippen LogP contribution in [0.15, 0.2) is 84.9 Å². The molecular weight excluding hydrogens is 493 g/mol. The molecule has 0 aliphatic carbocycles. The Bertz CT molecular complexity index is 635. The van der Waals surface area contributed by atoms with Gasteiger partial charge in [-0.25, -0.2) is 0 Å². The van der Waals surface area contributed by atoms with Gasteiger partial charge < -0.3 is 0 Å². The molecule has 109 valence electrons. The minimum atomic E-state index is 0. The van der Waals surface area contributed by atoms with Gasteiger partial charge in [-0.3, -0.25) is 0 Å². The van der Waals surface area contributed by atoms with E-state index in [1.165, 1.54) is 21.5 Å². The number of fused-ring (bicyclic) bond motifs is 2. The van der Waals surface area contributed by atoms with Crippen molar-refractivity contribution in [2.75, 3.05) is 0 Å². The third kappa shape index (κ3) is 6.24. The van der Waals surface area contributed by atoms with Crippen molar-refractivity contribution >= 4 is 72.2 Å². The van der Waals surface area contributed by atoms with Crippen LogP contribution in [0.25, 0.3) is 21.5 Å². The fourth-order valence-electron chi connectivity index (χ4n) is 2.14. The first-order valence-electron chi connectivity index (χ1n) is 6.14. The first-order valence-corrected chi connectivity index (χ1v) is 6.14. The second kappa shape index (κ2) is 12.4. The number of hydrogen-bond donors (Lipinski definition) is 0. The molecule has 0 heterocycles. The minimum Gasteiger partial charge on any atom is -0.168 e. The van der Waals surface area contributed by atoms with Crippen LogP contribution in [0.1, 0.15) is 0 Å². The third-order valence-electron chi connectivity index (χ3n) is 3.10. The quantitative estimate of drug-likeness (QED) is 0.272. The molecule has 0 aromatic heterocycles. The van der Waals surface area contributed by atoms with Crippen molar-refractivity contribution in [3.05, 3.63) is 84.9 Å². The molecule has 0 fully saturated rings. The molecule has 0 bridgehead atoms. The van der Waals surface area contributed by atoms with Crippen molar-refractivity contribution in [1.82, 2.24) is 0 Å². The van der Waals surface area contributed by atoms with Gasteiger partial charge in [0.25, 0.3) is 0 Å². The van der Waals surface area contributed by atoms with Gasteiger partial charge in [-0.15, -0.1) is 84.1 Å². The van der Waals surface area contributed by atoms with E-state index >= 15 is 0 Å². The van der Waals surface area contributed by atoms with Crippen LogP contribution in [-0.4, -0.2) is 25.8 Å². The summed E-state index contributed by atoms with van der Waals surface area (Å²) in [7, 11) is 0. The monoisotopic (exact) mass is 507 g/mol. The van der Waals surface area contributed by atoms with E-state index in [9.17, 15) is 0 Å². The van der Waals surface area contributed by atoms with Gasteiger partial charge in [-0.05, 0) is 0 Å². The first-order chi connectivity index (χ1) is 8.93. The van der Waals surface area contributed by atoms with Crippen molar-refractivity contribution in [1.29, 1.82) is 0 Å². The van der Waals surface area contributed by atoms with E-state index in [0.717, 1.165) is 0 Å². The van der Waals surface area contributed by atoms with E-state index in [2.05, 4.69) is 84.9 Å². The Morgan fingerprint density at radius 2 is 0.909 bits per heavy atom. The second-order valence-electron chi connectivity index (χ2n) is 4.31. The van der Waals surface area contributed by atoms with Gasteiger partial charge >= 0.3 is 26.2 Å². The average Bonchev–Trinajstić information content (AvgIpc) is 3.08. The molecule has 0 aliphatic rings. The fourth-order valence-corrected chi connectivity index (χ4v) is 2.14. The number of hydrogen-bond acceptors (Lipinski definition) is 0. The molecule has 3 radical (unpaired) electrons. The van der Waals surface area contributed by atoms with Gasteiger partial charge in [-0.2, -0.15) is 35.0 Å². The van der Waals surface area contributed by atoms with Gasteiger partial charge in [0.1, 0.15) is 0 Å². The maximum absolute atomic E-state index is 2.12. The molecule has 0 amide bonds. The predicted octanol–water partition coefficient (Wildman–Crippen LogP) is 5.58. The van der Waals surface area contributed by atoms with Crippen molar-refractivity contribution in [3.8, 4) is 0 Å².